The summed E-state index contributed by atoms with van der Waals surface area (Å²) in [6, 6.07) is 0.397. The van der Waals surface area contributed by atoms with Gasteiger partial charge in [0.25, 0.3) is 0 Å². The molecule has 0 aliphatic rings. The van der Waals surface area contributed by atoms with Gasteiger partial charge in [0.15, 0.2) is 0 Å². The Morgan fingerprint density at radius 2 is 0.596 bits per heavy atom. The number of hydrogen-bond donors (Lipinski definition) is 0. The summed E-state index contributed by atoms with van der Waals surface area (Å²) in [6.45, 7) is 9.12. The third kappa shape index (κ3) is 42.8. The zero-order chi connectivity index (χ0) is 37.1. The number of nitrogens with zero attached hydrogens (tertiary/aromatic N) is 1. The third-order valence-corrected chi connectivity index (χ3v) is 11.8. The second kappa shape index (κ2) is 47.2. The van der Waals surface area contributed by atoms with Crippen LogP contribution in [0.2, 0.25) is 0 Å². The van der Waals surface area contributed by atoms with Crippen molar-refractivity contribution in [2.45, 2.75) is 290 Å². The second-order valence-electron chi connectivity index (χ2n) is 16.7. The maximum absolute atomic E-state index is 11.2. The molecule has 0 aromatic rings. The largest absolute Gasteiger partial charge is 1.00 e. The van der Waals surface area contributed by atoms with E-state index >= 15 is 0 Å². The molecule has 0 aromatic carbocycles. The van der Waals surface area contributed by atoms with E-state index in [1.165, 1.54) is 244 Å². The van der Waals surface area contributed by atoms with E-state index in [1.807, 2.05) is 0 Å². The van der Waals surface area contributed by atoms with Crippen LogP contribution in [-0.4, -0.2) is 30.0 Å². The van der Waals surface area contributed by atoms with Crippen LogP contribution in [0.25, 0.3) is 0 Å². The predicted molar refractivity (Wildman–Crippen MR) is 227 cm³/mol. The van der Waals surface area contributed by atoms with Crippen LogP contribution in [-0.2, 0) is 4.79 Å². The van der Waals surface area contributed by atoms with E-state index in [-0.39, 0.29) is 25.3 Å². The van der Waals surface area contributed by atoms with E-state index in [4.69, 9.17) is 0 Å². The third-order valence-electron chi connectivity index (χ3n) is 11.8. The van der Waals surface area contributed by atoms with Crippen molar-refractivity contribution < 1.29 is 28.8 Å². The van der Waals surface area contributed by atoms with Gasteiger partial charge in [-0.1, -0.05) is 252 Å². The molecule has 0 N–H and O–H groups in total. The smallest absolute Gasteiger partial charge is 0.550 e. The van der Waals surface area contributed by atoms with Crippen LogP contribution in [0.5, 0.6) is 0 Å². The quantitative estimate of drug-likeness (QED) is 0.0464. The van der Waals surface area contributed by atoms with Crippen LogP contribution in [0, 0.1) is 0 Å². The summed E-state index contributed by atoms with van der Waals surface area (Å²) in [6.07, 6.45) is 55.8. The number of carbonyl (C=O) groups is 1. The minimum atomic E-state index is -0.889. The first-order valence-corrected chi connectivity index (χ1v) is 24.1. The van der Waals surface area contributed by atoms with Crippen molar-refractivity contribution in [3.63, 3.8) is 0 Å². The van der Waals surface area contributed by atoms with Crippen LogP contribution >= 0.6 is 0 Å². The van der Waals surface area contributed by atoms with Gasteiger partial charge in [0.2, 0.25) is 0 Å². The molecule has 3 nitrogen and oxygen atoms in total. The zero-order valence-corrected chi connectivity index (χ0v) is 36.7. The molecule has 0 spiro atoms. The molecule has 1 atom stereocenters. The van der Waals surface area contributed by atoms with Crippen molar-refractivity contribution in [1.82, 2.24) is 4.90 Å². The van der Waals surface area contributed by atoms with E-state index in [1.54, 1.807) is 0 Å². The van der Waals surface area contributed by atoms with E-state index in [0.29, 0.717) is 6.04 Å². The van der Waals surface area contributed by atoms with Gasteiger partial charge in [0, 0.05) is 12.0 Å². The number of carboxylic acid groups (broad SMARTS) is 1. The minimum absolute atomic E-state index is 0. The molecule has 0 rings (SSSR count). The van der Waals surface area contributed by atoms with Crippen molar-refractivity contribution >= 4 is 5.97 Å². The van der Waals surface area contributed by atoms with Gasteiger partial charge in [-0.3, -0.25) is 0 Å². The zero-order valence-electron chi connectivity index (χ0n) is 36.7. The fourth-order valence-electron chi connectivity index (χ4n) is 8.19. The first kappa shape index (κ1) is 54.1. The summed E-state index contributed by atoms with van der Waals surface area (Å²) in [5.41, 5.74) is 0. The van der Waals surface area contributed by atoms with Crippen molar-refractivity contribution in [1.29, 1.82) is 0 Å². The Hall–Kier alpha value is 0.0274. The summed E-state index contributed by atoms with van der Waals surface area (Å²) in [4.78, 5) is 13.8. The van der Waals surface area contributed by atoms with E-state index in [2.05, 4.69) is 25.7 Å². The summed E-state index contributed by atoms with van der Waals surface area (Å²) in [7, 11) is 0. The molecule has 4 heteroatoms. The molecule has 1 unspecified atom stereocenters. The molecule has 0 saturated carbocycles. The Labute approximate surface area is 341 Å². The maximum Gasteiger partial charge on any atom is 1.00 e. The van der Waals surface area contributed by atoms with Crippen molar-refractivity contribution in [2.24, 2.45) is 0 Å². The van der Waals surface area contributed by atoms with Gasteiger partial charge in [0.05, 0.1) is 0 Å². The summed E-state index contributed by atoms with van der Waals surface area (Å²) in [5.74, 6) is -0.889. The standard InChI is InChI=1S/C48H97NO2.Li/c1-4-7-9-11-13-15-17-19-21-23-25-27-29-31-33-35-37-39-41-45-49(47(6-3)43-44-48(50)51)46-42-40-38-36-34-32-30-28-26-24-22-20-18-16-14-12-10-8-5-2;/h47H,4-46H2,1-3H3,(H,50,51);/q;+1/p-1. The van der Waals surface area contributed by atoms with Gasteiger partial charge >= 0.3 is 18.9 Å². The van der Waals surface area contributed by atoms with E-state index < -0.39 is 5.97 Å². The van der Waals surface area contributed by atoms with Gasteiger partial charge < -0.3 is 14.8 Å². The average Bonchev–Trinajstić information content (AvgIpc) is 3.13. The molecule has 0 aromatic heterocycles. The maximum atomic E-state index is 11.2. The second-order valence-corrected chi connectivity index (χ2v) is 16.7. The van der Waals surface area contributed by atoms with Crippen LogP contribution in [0.4, 0.5) is 0 Å². The number of carbonyl (C=O) groups excluding carboxylic acids is 1. The van der Waals surface area contributed by atoms with Crippen molar-refractivity contribution in [2.75, 3.05) is 13.1 Å². The topological polar surface area (TPSA) is 43.4 Å². The molecule has 0 radical (unpaired) electrons. The summed E-state index contributed by atoms with van der Waals surface area (Å²) in [5, 5.41) is 11.2. The number of aliphatic carboxylic acids is 1. The van der Waals surface area contributed by atoms with E-state index in [0.717, 1.165) is 25.9 Å². The molecule has 306 valence electrons. The molecular weight excluding hydrogens is 629 g/mol. The molecule has 0 heterocycles. The molecule has 0 aliphatic heterocycles. The van der Waals surface area contributed by atoms with Gasteiger partial charge in [-0.2, -0.15) is 0 Å². The van der Waals surface area contributed by atoms with Crippen LogP contribution < -0.4 is 24.0 Å². The fourth-order valence-corrected chi connectivity index (χ4v) is 8.19. The normalized spacial score (nSPS) is 12.1. The van der Waals surface area contributed by atoms with Gasteiger partial charge in [-0.05, 0) is 45.2 Å². The monoisotopic (exact) mass is 726 g/mol. The Balaban J connectivity index is 0. The number of unbranched alkanes of at least 4 members (excludes halogenated alkanes) is 36. The van der Waals surface area contributed by atoms with Gasteiger partial charge in [0.1, 0.15) is 0 Å². The number of carboxylic acids is 1. The SMILES string of the molecule is CCCCCCCCCCCCCCCCCCCCCN(CCCCCCCCCCCCCCCCCCCCC)C(CC)CCC(=O)[O-].[Li+]. The minimum Gasteiger partial charge on any atom is -0.550 e. The first-order chi connectivity index (χ1) is 25.2. The molecule has 52 heavy (non-hydrogen) atoms. The Morgan fingerprint density at radius 3 is 0.788 bits per heavy atom. The van der Waals surface area contributed by atoms with Crippen LogP contribution in [0.1, 0.15) is 284 Å². The Morgan fingerprint density at radius 1 is 0.385 bits per heavy atom. The van der Waals surface area contributed by atoms with Crippen molar-refractivity contribution in [3.8, 4) is 0 Å². The molecule has 0 aliphatic carbocycles. The average molecular weight is 726 g/mol. The number of hydrogen-bond acceptors (Lipinski definition) is 3. The summed E-state index contributed by atoms with van der Waals surface area (Å²) >= 11 is 0. The fraction of sp³-hybridized carbons (Fsp3) is 0.979. The molecule has 0 fully saturated rings. The molecule has 0 amide bonds. The Kier molecular flexibility index (Phi) is 49.1. The molecule has 0 bridgehead atoms. The molecule has 0 saturated heterocycles. The Bertz CT molecular complexity index is 616. The summed E-state index contributed by atoms with van der Waals surface area (Å²) < 4.78 is 0. The van der Waals surface area contributed by atoms with Gasteiger partial charge in [-0.25, -0.2) is 0 Å². The van der Waals surface area contributed by atoms with Crippen molar-refractivity contribution in [3.05, 3.63) is 0 Å². The van der Waals surface area contributed by atoms with Gasteiger partial charge in [-0.15, -0.1) is 0 Å². The number of rotatable bonds is 45. The first-order valence-electron chi connectivity index (χ1n) is 24.1. The van der Waals surface area contributed by atoms with Crippen LogP contribution in [0.15, 0.2) is 0 Å². The van der Waals surface area contributed by atoms with E-state index in [9.17, 15) is 9.90 Å². The molecular formula is C48H96LiNO2. The predicted octanol–water partition coefficient (Wildman–Crippen LogP) is 12.5. The van der Waals surface area contributed by atoms with Crippen LogP contribution in [0.3, 0.4) is 0 Å².